The van der Waals surface area contributed by atoms with Crippen LogP contribution in [-0.4, -0.2) is 58.1 Å². The Labute approximate surface area is 140 Å². The van der Waals surface area contributed by atoms with Crippen LogP contribution in [-0.2, 0) is 14.3 Å². The molecule has 1 aromatic carbocycles. The van der Waals surface area contributed by atoms with Gasteiger partial charge in [-0.1, -0.05) is 0 Å². The number of aliphatic hydroxyl groups is 1. The molecule has 1 atom stereocenters. The number of nitrogens with one attached hydrogen (secondary N) is 1. The van der Waals surface area contributed by atoms with Gasteiger partial charge < -0.3 is 29.4 Å². The van der Waals surface area contributed by atoms with E-state index in [-0.39, 0.29) is 0 Å². The molecule has 1 aromatic rings. The van der Waals surface area contributed by atoms with Gasteiger partial charge in [0.1, 0.15) is 5.75 Å². The van der Waals surface area contributed by atoms with Gasteiger partial charge in [-0.3, -0.25) is 4.79 Å². The van der Waals surface area contributed by atoms with E-state index in [9.17, 15) is 9.59 Å². The molecule has 0 aliphatic rings. The molecule has 0 fully saturated rings. The predicted octanol–water partition coefficient (Wildman–Crippen LogP) is 0.376. The first-order valence-corrected chi connectivity index (χ1v) is 6.97. The minimum absolute atomic E-state index is 0.473. The Morgan fingerprint density at radius 3 is 2.17 bits per heavy atom. The standard InChI is InChI=1S/C16H21NO7/c1-21-12-8-14(23-3)13(22-2)7-10(12)5-6-15(19)17-11(9-18)16(20)24-4/h5-8,11,18H,9H2,1-4H3,(H,17,19)/b6-5+/t11-/m0/s1. The number of carbonyl (C=O) groups is 2. The van der Waals surface area contributed by atoms with E-state index in [4.69, 9.17) is 19.3 Å². The fraction of sp³-hybridized carbons (Fsp3) is 0.375. The maximum atomic E-state index is 11.9. The fourth-order valence-corrected chi connectivity index (χ4v) is 1.89. The van der Waals surface area contributed by atoms with Crippen molar-refractivity contribution in [2.45, 2.75) is 6.04 Å². The van der Waals surface area contributed by atoms with Gasteiger partial charge >= 0.3 is 5.97 Å². The Balaban J connectivity index is 2.96. The van der Waals surface area contributed by atoms with Gasteiger partial charge in [0.05, 0.1) is 35.0 Å². The third kappa shape index (κ3) is 4.88. The van der Waals surface area contributed by atoms with Crippen molar-refractivity contribution in [1.29, 1.82) is 0 Å². The van der Waals surface area contributed by atoms with E-state index < -0.39 is 24.5 Å². The van der Waals surface area contributed by atoms with Crippen LogP contribution in [0.5, 0.6) is 17.2 Å². The number of amides is 1. The highest BCUT2D eigenvalue weighted by atomic mass is 16.5. The monoisotopic (exact) mass is 339 g/mol. The first-order valence-electron chi connectivity index (χ1n) is 6.97. The topological polar surface area (TPSA) is 103 Å². The van der Waals surface area contributed by atoms with Gasteiger partial charge in [0.2, 0.25) is 5.91 Å². The first kappa shape index (κ1) is 19.3. The quantitative estimate of drug-likeness (QED) is 0.521. The number of esters is 1. The van der Waals surface area contributed by atoms with Crippen molar-refractivity contribution in [2.75, 3.05) is 35.0 Å². The largest absolute Gasteiger partial charge is 0.496 e. The molecular formula is C16H21NO7. The SMILES string of the molecule is COC(=O)[C@H](CO)NC(=O)/C=C/c1cc(OC)c(OC)cc1OC. The summed E-state index contributed by atoms with van der Waals surface area (Å²) in [6.07, 6.45) is 2.69. The molecule has 0 aromatic heterocycles. The molecule has 0 saturated heterocycles. The smallest absolute Gasteiger partial charge is 0.330 e. The number of benzene rings is 1. The minimum Gasteiger partial charge on any atom is -0.496 e. The third-order valence-electron chi connectivity index (χ3n) is 3.13. The number of aliphatic hydroxyl groups excluding tert-OH is 1. The van der Waals surface area contributed by atoms with E-state index in [1.54, 1.807) is 12.1 Å². The number of methoxy groups -OCH3 is 4. The average Bonchev–Trinajstić information content (AvgIpc) is 2.62. The van der Waals surface area contributed by atoms with Gasteiger partial charge in [-0.2, -0.15) is 0 Å². The molecule has 0 saturated carbocycles. The van der Waals surface area contributed by atoms with Crippen molar-refractivity contribution in [1.82, 2.24) is 5.32 Å². The van der Waals surface area contributed by atoms with Gasteiger partial charge in [0.15, 0.2) is 17.5 Å². The molecule has 8 heteroatoms. The molecule has 0 heterocycles. The van der Waals surface area contributed by atoms with Gasteiger partial charge in [-0.15, -0.1) is 0 Å². The van der Waals surface area contributed by atoms with Crippen LogP contribution in [0.15, 0.2) is 18.2 Å². The van der Waals surface area contributed by atoms with Crippen molar-refractivity contribution in [3.63, 3.8) is 0 Å². The van der Waals surface area contributed by atoms with Crippen LogP contribution < -0.4 is 19.5 Å². The normalized spacial score (nSPS) is 11.7. The zero-order valence-electron chi connectivity index (χ0n) is 14.0. The summed E-state index contributed by atoms with van der Waals surface area (Å²) in [6, 6.07) is 2.14. The molecule has 1 amide bonds. The van der Waals surface area contributed by atoms with Crippen molar-refractivity contribution in [3.05, 3.63) is 23.8 Å². The molecule has 1 rings (SSSR count). The van der Waals surface area contributed by atoms with Gasteiger partial charge in [-0.25, -0.2) is 4.79 Å². The minimum atomic E-state index is -1.13. The molecule has 132 valence electrons. The van der Waals surface area contributed by atoms with E-state index in [0.717, 1.165) is 0 Å². The zero-order valence-corrected chi connectivity index (χ0v) is 14.0. The summed E-state index contributed by atoms with van der Waals surface area (Å²) in [5.41, 5.74) is 0.573. The van der Waals surface area contributed by atoms with Crippen molar-refractivity contribution < 1.29 is 33.6 Å². The molecule has 8 nitrogen and oxygen atoms in total. The lowest BCUT2D eigenvalue weighted by molar-refractivity contribution is -0.145. The number of ether oxygens (including phenoxy) is 4. The van der Waals surface area contributed by atoms with Crippen LogP contribution in [0.4, 0.5) is 0 Å². The molecule has 24 heavy (non-hydrogen) atoms. The van der Waals surface area contributed by atoms with Gasteiger partial charge in [0.25, 0.3) is 0 Å². The van der Waals surface area contributed by atoms with Gasteiger partial charge in [0, 0.05) is 17.7 Å². The van der Waals surface area contributed by atoms with Crippen LogP contribution >= 0.6 is 0 Å². The highest BCUT2D eigenvalue weighted by molar-refractivity contribution is 5.95. The summed E-state index contributed by atoms with van der Waals surface area (Å²) < 4.78 is 20.1. The summed E-state index contributed by atoms with van der Waals surface area (Å²) in [7, 11) is 5.65. The van der Waals surface area contributed by atoms with E-state index in [1.807, 2.05) is 0 Å². The lowest BCUT2D eigenvalue weighted by Gasteiger charge is -2.13. The second-order valence-electron chi connectivity index (χ2n) is 4.55. The molecule has 0 spiro atoms. The Bertz CT molecular complexity index is 613. The third-order valence-corrected chi connectivity index (χ3v) is 3.13. The summed E-state index contributed by atoms with van der Waals surface area (Å²) in [5.74, 6) is 0.130. The van der Waals surface area contributed by atoms with E-state index >= 15 is 0 Å². The second kappa shape index (κ2) is 9.41. The molecular weight excluding hydrogens is 318 g/mol. The lowest BCUT2D eigenvalue weighted by atomic mass is 10.1. The zero-order chi connectivity index (χ0) is 18.1. The van der Waals surface area contributed by atoms with Gasteiger partial charge in [-0.05, 0) is 12.1 Å². The van der Waals surface area contributed by atoms with Crippen LogP contribution in [0.25, 0.3) is 6.08 Å². The Morgan fingerprint density at radius 2 is 1.67 bits per heavy atom. The van der Waals surface area contributed by atoms with Crippen LogP contribution in [0.3, 0.4) is 0 Å². The summed E-state index contributed by atoms with van der Waals surface area (Å²) in [4.78, 5) is 23.2. The number of hydrogen-bond acceptors (Lipinski definition) is 7. The highest BCUT2D eigenvalue weighted by Gasteiger charge is 2.19. The number of carbonyl (C=O) groups excluding carboxylic acids is 2. The molecule has 2 N–H and O–H groups in total. The summed E-state index contributed by atoms with van der Waals surface area (Å²) in [5, 5.41) is 11.4. The first-order chi connectivity index (χ1) is 11.5. The maximum Gasteiger partial charge on any atom is 0.330 e. The molecule has 0 radical (unpaired) electrons. The van der Waals surface area contributed by atoms with Crippen molar-refractivity contribution in [2.24, 2.45) is 0 Å². The Kier molecular flexibility index (Phi) is 7.57. The molecule has 0 aliphatic carbocycles. The second-order valence-corrected chi connectivity index (χ2v) is 4.55. The highest BCUT2D eigenvalue weighted by Crippen LogP contribution is 2.35. The number of rotatable bonds is 8. The van der Waals surface area contributed by atoms with Crippen molar-refractivity contribution >= 4 is 18.0 Å². The molecule has 0 bridgehead atoms. The lowest BCUT2D eigenvalue weighted by Crippen LogP contribution is -2.43. The van der Waals surface area contributed by atoms with Crippen LogP contribution in [0.1, 0.15) is 5.56 Å². The Hall–Kier alpha value is -2.74. The summed E-state index contributed by atoms with van der Waals surface area (Å²) >= 11 is 0. The maximum absolute atomic E-state index is 11.9. The van der Waals surface area contributed by atoms with Crippen LogP contribution in [0, 0.1) is 0 Å². The predicted molar refractivity (Wildman–Crippen MR) is 86.2 cm³/mol. The van der Waals surface area contributed by atoms with E-state index in [0.29, 0.717) is 22.8 Å². The van der Waals surface area contributed by atoms with Crippen molar-refractivity contribution in [3.8, 4) is 17.2 Å². The van der Waals surface area contributed by atoms with Crippen LogP contribution in [0.2, 0.25) is 0 Å². The molecule has 0 aliphatic heterocycles. The number of hydrogen-bond donors (Lipinski definition) is 2. The van der Waals surface area contributed by atoms with E-state index in [2.05, 4.69) is 10.1 Å². The molecule has 0 unspecified atom stereocenters. The summed E-state index contributed by atoms with van der Waals surface area (Å²) in [6.45, 7) is -0.564. The van der Waals surface area contributed by atoms with E-state index in [1.165, 1.54) is 40.6 Å². The Morgan fingerprint density at radius 1 is 1.08 bits per heavy atom. The fourth-order valence-electron chi connectivity index (χ4n) is 1.89. The average molecular weight is 339 g/mol.